The van der Waals surface area contributed by atoms with Crippen LogP contribution in [0.4, 0.5) is 0 Å². The van der Waals surface area contributed by atoms with Gasteiger partial charge in [-0.15, -0.1) is 0 Å². The molecule has 3 rings (SSSR count). The van der Waals surface area contributed by atoms with Gasteiger partial charge in [-0.3, -0.25) is 5.10 Å². The van der Waals surface area contributed by atoms with Gasteiger partial charge in [0.15, 0.2) is 0 Å². The number of hydrogen-bond donors (Lipinski definition) is 2. The second kappa shape index (κ2) is 2.93. The molecule has 5 heteroatoms. The van der Waals surface area contributed by atoms with Crippen molar-refractivity contribution in [1.29, 1.82) is 0 Å². The Kier molecular flexibility index (Phi) is 1.70. The Bertz CT molecular complexity index is 496. The van der Waals surface area contributed by atoms with Crippen molar-refractivity contribution in [1.82, 2.24) is 25.3 Å². The van der Waals surface area contributed by atoms with E-state index in [2.05, 4.69) is 33.7 Å². The SMILES string of the molecule is Cc1[nH]ncc1-n1cc2c(n1)CNC2C. The standard InChI is InChI=1S/C10H13N5/c1-6-8-5-15(14-9(8)3-11-6)10-4-12-13-7(10)2/h4-6,11H,3H2,1-2H3,(H,12,13). The minimum Gasteiger partial charge on any atom is -0.304 e. The summed E-state index contributed by atoms with van der Waals surface area (Å²) in [7, 11) is 0. The predicted molar refractivity (Wildman–Crippen MR) is 55.7 cm³/mol. The highest BCUT2D eigenvalue weighted by molar-refractivity contribution is 5.36. The highest BCUT2D eigenvalue weighted by atomic mass is 15.3. The fourth-order valence-corrected chi connectivity index (χ4v) is 1.98. The van der Waals surface area contributed by atoms with Crippen LogP contribution in [-0.2, 0) is 6.54 Å². The number of hydrogen-bond acceptors (Lipinski definition) is 3. The minimum atomic E-state index is 0.404. The van der Waals surface area contributed by atoms with E-state index < -0.39 is 0 Å². The van der Waals surface area contributed by atoms with Gasteiger partial charge in [0, 0.05) is 24.3 Å². The van der Waals surface area contributed by atoms with Crippen molar-refractivity contribution in [2.45, 2.75) is 26.4 Å². The summed E-state index contributed by atoms with van der Waals surface area (Å²) in [5.74, 6) is 0. The van der Waals surface area contributed by atoms with Gasteiger partial charge in [0.25, 0.3) is 0 Å². The summed E-state index contributed by atoms with van der Waals surface area (Å²) >= 11 is 0. The Hall–Kier alpha value is -1.62. The lowest BCUT2D eigenvalue weighted by Gasteiger charge is -2.02. The maximum Gasteiger partial charge on any atom is 0.105 e. The summed E-state index contributed by atoms with van der Waals surface area (Å²) < 4.78 is 1.90. The number of H-pyrrole nitrogens is 1. The zero-order valence-electron chi connectivity index (χ0n) is 8.78. The van der Waals surface area contributed by atoms with Crippen LogP contribution in [0.25, 0.3) is 5.69 Å². The van der Waals surface area contributed by atoms with E-state index in [1.54, 1.807) is 6.20 Å². The zero-order chi connectivity index (χ0) is 10.4. The third-order valence-electron chi connectivity index (χ3n) is 2.92. The molecule has 5 nitrogen and oxygen atoms in total. The van der Waals surface area contributed by atoms with Crippen LogP contribution in [0.15, 0.2) is 12.4 Å². The van der Waals surface area contributed by atoms with Crippen LogP contribution in [0.3, 0.4) is 0 Å². The van der Waals surface area contributed by atoms with E-state index in [1.807, 2.05) is 11.6 Å². The number of aryl methyl sites for hydroxylation is 1. The molecule has 0 saturated carbocycles. The first-order valence-electron chi connectivity index (χ1n) is 5.08. The molecule has 0 aromatic carbocycles. The lowest BCUT2D eigenvalue weighted by atomic mass is 10.2. The molecule has 0 bridgehead atoms. The molecule has 0 fully saturated rings. The summed E-state index contributed by atoms with van der Waals surface area (Å²) in [5.41, 5.74) is 4.49. The van der Waals surface area contributed by atoms with Crippen LogP contribution < -0.4 is 5.32 Å². The van der Waals surface area contributed by atoms with Crippen molar-refractivity contribution in [3.8, 4) is 5.69 Å². The molecular formula is C10H13N5. The zero-order valence-corrected chi connectivity index (χ0v) is 8.78. The third-order valence-corrected chi connectivity index (χ3v) is 2.92. The second-order valence-corrected chi connectivity index (χ2v) is 3.96. The number of aromatic nitrogens is 4. The van der Waals surface area contributed by atoms with Gasteiger partial charge in [-0.25, -0.2) is 4.68 Å². The smallest absolute Gasteiger partial charge is 0.105 e. The van der Waals surface area contributed by atoms with Gasteiger partial charge in [-0.2, -0.15) is 10.2 Å². The topological polar surface area (TPSA) is 58.5 Å². The Morgan fingerprint density at radius 1 is 1.53 bits per heavy atom. The molecule has 0 aliphatic carbocycles. The highest BCUT2D eigenvalue weighted by Crippen LogP contribution is 2.24. The maximum atomic E-state index is 4.54. The molecule has 0 amide bonds. The summed E-state index contributed by atoms with van der Waals surface area (Å²) in [6.45, 7) is 5.01. The van der Waals surface area contributed by atoms with Crippen molar-refractivity contribution < 1.29 is 0 Å². The van der Waals surface area contributed by atoms with Gasteiger partial charge in [0.2, 0.25) is 0 Å². The average Bonchev–Trinajstić information content (AvgIpc) is 2.84. The first-order chi connectivity index (χ1) is 7.25. The molecule has 1 atom stereocenters. The van der Waals surface area contributed by atoms with E-state index in [0.717, 1.165) is 23.6 Å². The van der Waals surface area contributed by atoms with E-state index in [0.29, 0.717) is 6.04 Å². The Morgan fingerprint density at radius 2 is 2.40 bits per heavy atom. The number of nitrogens with zero attached hydrogens (tertiary/aromatic N) is 3. The van der Waals surface area contributed by atoms with E-state index >= 15 is 0 Å². The molecule has 2 aromatic rings. The third kappa shape index (κ3) is 1.20. The molecule has 2 aromatic heterocycles. The Balaban J connectivity index is 2.09. The van der Waals surface area contributed by atoms with Gasteiger partial charge in [0.05, 0.1) is 17.6 Å². The van der Waals surface area contributed by atoms with Gasteiger partial charge in [0.1, 0.15) is 5.69 Å². The van der Waals surface area contributed by atoms with Crippen LogP contribution >= 0.6 is 0 Å². The summed E-state index contributed by atoms with van der Waals surface area (Å²) in [6, 6.07) is 0.404. The fraction of sp³-hybridized carbons (Fsp3) is 0.400. The molecular weight excluding hydrogens is 190 g/mol. The van der Waals surface area contributed by atoms with Crippen molar-refractivity contribution in [2.75, 3.05) is 0 Å². The van der Waals surface area contributed by atoms with Gasteiger partial charge >= 0.3 is 0 Å². The number of rotatable bonds is 1. The molecule has 1 aliphatic rings. The van der Waals surface area contributed by atoms with Crippen molar-refractivity contribution in [3.05, 3.63) is 29.3 Å². The molecule has 2 N–H and O–H groups in total. The second-order valence-electron chi connectivity index (χ2n) is 3.96. The summed E-state index contributed by atoms with van der Waals surface area (Å²) in [4.78, 5) is 0. The molecule has 0 radical (unpaired) electrons. The van der Waals surface area contributed by atoms with E-state index in [-0.39, 0.29) is 0 Å². The lowest BCUT2D eigenvalue weighted by molar-refractivity contribution is 0.617. The summed E-state index contributed by atoms with van der Waals surface area (Å²) in [6.07, 6.45) is 3.88. The van der Waals surface area contributed by atoms with Crippen LogP contribution in [0, 0.1) is 6.92 Å². The van der Waals surface area contributed by atoms with Gasteiger partial charge in [-0.1, -0.05) is 0 Å². The fourth-order valence-electron chi connectivity index (χ4n) is 1.98. The van der Waals surface area contributed by atoms with Crippen molar-refractivity contribution in [2.24, 2.45) is 0 Å². The first kappa shape index (κ1) is 8.67. The van der Waals surface area contributed by atoms with Crippen LogP contribution in [0.1, 0.15) is 29.9 Å². The largest absolute Gasteiger partial charge is 0.304 e. The predicted octanol–water partition coefficient (Wildman–Crippen LogP) is 1.07. The molecule has 78 valence electrons. The Morgan fingerprint density at radius 3 is 3.07 bits per heavy atom. The van der Waals surface area contributed by atoms with Gasteiger partial charge < -0.3 is 5.32 Å². The molecule has 1 unspecified atom stereocenters. The van der Waals surface area contributed by atoms with Crippen molar-refractivity contribution >= 4 is 0 Å². The molecule has 3 heterocycles. The maximum absolute atomic E-state index is 4.54. The van der Waals surface area contributed by atoms with Crippen LogP contribution in [0.5, 0.6) is 0 Å². The Labute approximate surface area is 87.5 Å². The number of nitrogens with one attached hydrogen (secondary N) is 2. The van der Waals surface area contributed by atoms with Crippen molar-refractivity contribution in [3.63, 3.8) is 0 Å². The van der Waals surface area contributed by atoms with Gasteiger partial charge in [-0.05, 0) is 13.8 Å². The normalized spacial score (nSPS) is 19.5. The summed E-state index contributed by atoms with van der Waals surface area (Å²) in [5, 5.41) is 14.8. The molecule has 0 spiro atoms. The monoisotopic (exact) mass is 203 g/mol. The molecule has 1 aliphatic heterocycles. The molecule has 15 heavy (non-hydrogen) atoms. The first-order valence-corrected chi connectivity index (χ1v) is 5.08. The highest BCUT2D eigenvalue weighted by Gasteiger charge is 2.22. The average molecular weight is 203 g/mol. The number of aromatic amines is 1. The van der Waals surface area contributed by atoms with E-state index in [1.165, 1.54) is 5.56 Å². The quantitative estimate of drug-likeness (QED) is 0.728. The number of fused-ring (bicyclic) bond motifs is 1. The van der Waals surface area contributed by atoms with Crippen LogP contribution in [-0.4, -0.2) is 20.0 Å². The minimum absolute atomic E-state index is 0.404. The van der Waals surface area contributed by atoms with E-state index in [4.69, 9.17) is 0 Å². The molecule has 0 saturated heterocycles. The lowest BCUT2D eigenvalue weighted by Crippen LogP contribution is -2.09. The van der Waals surface area contributed by atoms with Crippen LogP contribution in [0.2, 0.25) is 0 Å². The van der Waals surface area contributed by atoms with E-state index in [9.17, 15) is 0 Å².